The molecule has 2 aliphatic rings. The molecule has 230 valence electrons. The van der Waals surface area contributed by atoms with Gasteiger partial charge in [-0.25, -0.2) is 4.39 Å². The van der Waals surface area contributed by atoms with Gasteiger partial charge in [-0.3, -0.25) is 4.79 Å². The maximum absolute atomic E-state index is 14.4. The molecule has 6 nitrogen and oxygen atoms in total. The van der Waals surface area contributed by atoms with E-state index >= 15 is 0 Å². The van der Waals surface area contributed by atoms with Crippen LogP contribution in [0.25, 0.3) is 0 Å². The van der Waals surface area contributed by atoms with Crippen LogP contribution in [0.2, 0.25) is 0 Å². The van der Waals surface area contributed by atoms with Gasteiger partial charge in [-0.05, 0) is 76.1 Å². The highest BCUT2D eigenvalue weighted by Crippen LogP contribution is 2.40. The van der Waals surface area contributed by atoms with Gasteiger partial charge in [-0.15, -0.1) is 6.58 Å². The summed E-state index contributed by atoms with van der Waals surface area (Å²) in [4.78, 5) is 25.8. The summed E-state index contributed by atoms with van der Waals surface area (Å²) in [7, 11) is 2.18. The lowest BCUT2D eigenvalue weighted by molar-refractivity contribution is -0.107. The first kappa shape index (κ1) is 33.5. The van der Waals surface area contributed by atoms with Crippen LogP contribution in [-0.4, -0.2) is 55.9 Å². The van der Waals surface area contributed by atoms with Crippen LogP contribution in [0.3, 0.4) is 0 Å². The number of carbonyl (C=O) groups excluding carboxylic acids is 2. The van der Waals surface area contributed by atoms with E-state index in [1.807, 2.05) is 31.2 Å². The molecule has 1 saturated heterocycles. The molecule has 3 aromatic carbocycles. The predicted molar refractivity (Wildman–Crippen MR) is 173 cm³/mol. The average Bonchev–Trinajstić information content (AvgIpc) is 3.15. The van der Waals surface area contributed by atoms with Crippen molar-refractivity contribution >= 4 is 17.9 Å². The molecule has 0 bridgehead atoms. The highest BCUT2D eigenvalue weighted by molar-refractivity contribution is 5.94. The number of aldehydes is 1. The number of likely N-dealkylation sites (tertiary alicyclic amines) is 1. The van der Waals surface area contributed by atoms with Gasteiger partial charge in [0.15, 0.2) is 0 Å². The van der Waals surface area contributed by atoms with Gasteiger partial charge in [0.2, 0.25) is 0 Å². The number of rotatable bonds is 6. The first-order chi connectivity index (χ1) is 20.6. The molecule has 5 rings (SSSR count). The molecule has 1 fully saturated rings. The second kappa shape index (κ2) is 16.0. The number of hydrogen-bond donors (Lipinski definition) is 1. The van der Waals surface area contributed by atoms with Gasteiger partial charge in [0.05, 0.1) is 12.2 Å². The molecule has 2 heterocycles. The van der Waals surface area contributed by atoms with Gasteiger partial charge in [0, 0.05) is 38.2 Å². The van der Waals surface area contributed by atoms with E-state index in [2.05, 4.69) is 59.1 Å². The lowest BCUT2D eigenvalue weighted by atomic mass is 9.88. The van der Waals surface area contributed by atoms with Crippen molar-refractivity contribution in [3.05, 3.63) is 108 Å². The molecule has 2 aliphatic heterocycles. The summed E-state index contributed by atoms with van der Waals surface area (Å²) in [5, 5.41) is 2.44. The Balaban J connectivity index is 0.000000282. The van der Waals surface area contributed by atoms with Crippen molar-refractivity contribution < 1.29 is 18.7 Å². The van der Waals surface area contributed by atoms with E-state index in [0.717, 1.165) is 68.0 Å². The summed E-state index contributed by atoms with van der Waals surface area (Å²) in [6, 6.07) is 25.1. The third kappa shape index (κ3) is 10.1. The SMILES string of the molecule is C=CC.CN1CCC2(CC1)CCN(Cc1cccc(C(C)(C)F)c1)c1ccccc1O2.O=CCNC(=O)c1ccccc1. The van der Waals surface area contributed by atoms with Crippen LogP contribution >= 0.6 is 0 Å². The summed E-state index contributed by atoms with van der Waals surface area (Å²) in [6.07, 6.45) is 5.55. The third-order valence-corrected chi connectivity index (χ3v) is 7.64. The first-order valence-corrected chi connectivity index (χ1v) is 14.9. The summed E-state index contributed by atoms with van der Waals surface area (Å²) < 4.78 is 21.1. The van der Waals surface area contributed by atoms with E-state index < -0.39 is 5.67 Å². The minimum Gasteiger partial charge on any atom is -0.485 e. The molecule has 0 saturated carbocycles. The Morgan fingerprint density at radius 2 is 1.63 bits per heavy atom. The number of anilines is 1. The van der Waals surface area contributed by atoms with Crippen LogP contribution in [0.4, 0.5) is 10.1 Å². The molecule has 3 aromatic rings. The molecule has 0 radical (unpaired) electrons. The summed E-state index contributed by atoms with van der Waals surface area (Å²) in [5.41, 5.74) is 2.18. The number of fused-ring (bicyclic) bond motifs is 1. The Bertz CT molecular complexity index is 1310. The molecule has 0 unspecified atom stereocenters. The molecular formula is C36H46FN3O3. The zero-order valence-corrected chi connectivity index (χ0v) is 26.0. The fraction of sp³-hybridized carbons (Fsp3) is 0.389. The van der Waals surface area contributed by atoms with Crippen LogP contribution in [0.5, 0.6) is 5.75 Å². The molecule has 7 heteroatoms. The number of allylic oxidation sites excluding steroid dienone is 1. The van der Waals surface area contributed by atoms with Crippen molar-refractivity contribution in [1.82, 2.24) is 10.2 Å². The first-order valence-electron chi connectivity index (χ1n) is 14.9. The van der Waals surface area contributed by atoms with E-state index in [-0.39, 0.29) is 18.1 Å². The number of benzene rings is 3. The van der Waals surface area contributed by atoms with Crippen molar-refractivity contribution in [2.45, 2.75) is 57.8 Å². The Kier molecular flexibility index (Phi) is 12.5. The quantitative estimate of drug-likeness (QED) is 0.250. The largest absolute Gasteiger partial charge is 0.485 e. The zero-order valence-electron chi connectivity index (χ0n) is 26.0. The van der Waals surface area contributed by atoms with Gasteiger partial charge in [-0.2, -0.15) is 0 Å². The van der Waals surface area contributed by atoms with E-state index in [9.17, 15) is 14.0 Å². The van der Waals surface area contributed by atoms with Crippen LogP contribution in [0, 0.1) is 0 Å². The number of amides is 1. The number of halogens is 1. The second-order valence-corrected chi connectivity index (χ2v) is 11.6. The van der Waals surface area contributed by atoms with Crippen molar-refractivity contribution in [2.75, 3.05) is 38.1 Å². The predicted octanol–water partition coefficient (Wildman–Crippen LogP) is 6.95. The van der Waals surface area contributed by atoms with Crippen molar-refractivity contribution in [3.8, 4) is 5.75 Å². The molecule has 1 N–H and O–H groups in total. The van der Waals surface area contributed by atoms with Crippen LogP contribution in [-0.2, 0) is 17.0 Å². The van der Waals surface area contributed by atoms with Gasteiger partial charge < -0.3 is 24.6 Å². The van der Waals surface area contributed by atoms with Gasteiger partial charge in [-0.1, -0.05) is 60.7 Å². The maximum atomic E-state index is 14.4. The standard InChI is InChI=1S/C24H31FN2O.C9H9NO2.C3H6/c1-23(2,25)20-8-6-7-19(17-20)18-27-16-13-24(11-14-26(3)15-12-24)28-22-10-5-4-9-21(22)27;11-7-6-10-9(12)8-4-2-1-3-5-8;1-3-2/h4-10,17H,11-16,18H2,1-3H3;1-5,7H,6H2,(H,10,12);3H,1H2,2H3. The van der Waals surface area contributed by atoms with Crippen LogP contribution < -0.4 is 15.0 Å². The number of hydrogen-bond acceptors (Lipinski definition) is 5. The van der Waals surface area contributed by atoms with Gasteiger partial charge in [0.25, 0.3) is 5.91 Å². The van der Waals surface area contributed by atoms with Crippen molar-refractivity contribution in [1.29, 1.82) is 0 Å². The smallest absolute Gasteiger partial charge is 0.251 e. The van der Waals surface area contributed by atoms with Crippen molar-refractivity contribution in [3.63, 3.8) is 0 Å². The third-order valence-electron chi connectivity index (χ3n) is 7.64. The second-order valence-electron chi connectivity index (χ2n) is 11.6. The van der Waals surface area contributed by atoms with E-state index in [0.29, 0.717) is 11.8 Å². The number of carbonyl (C=O) groups is 2. The number of piperidine rings is 1. The topological polar surface area (TPSA) is 61.9 Å². The number of nitrogens with zero attached hydrogens (tertiary/aromatic N) is 2. The van der Waals surface area contributed by atoms with E-state index in [1.165, 1.54) is 0 Å². The highest BCUT2D eigenvalue weighted by Gasteiger charge is 2.39. The molecule has 0 atom stereocenters. The number of para-hydroxylation sites is 2. The lowest BCUT2D eigenvalue weighted by Gasteiger charge is -2.40. The molecular weight excluding hydrogens is 541 g/mol. The Morgan fingerprint density at radius 1 is 1.00 bits per heavy atom. The fourth-order valence-corrected chi connectivity index (χ4v) is 5.18. The average molecular weight is 588 g/mol. The highest BCUT2D eigenvalue weighted by atomic mass is 19.1. The Hall–Kier alpha value is -3.97. The minimum absolute atomic E-state index is 0.0632. The Labute approximate surface area is 256 Å². The van der Waals surface area contributed by atoms with Crippen LogP contribution in [0.1, 0.15) is 61.5 Å². The molecule has 1 amide bonds. The maximum Gasteiger partial charge on any atom is 0.251 e. The summed E-state index contributed by atoms with van der Waals surface area (Å²) >= 11 is 0. The number of ether oxygens (including phenoxy) is 1. The summed E-state index contributed by atoms with van der Waals surface area (Å²) in [6.45, 7) is 12.4. The molecule has 0 aromatic heterocycles. The monoisotopic (exact) mass is 587 g/mol. The molecule has 0 aliphatic carbocycles. The number of nitrogens with one attached hydrogen (secondary N) is 1. The fourth-order valence-electron chi connectivity index (χ4n) is 5.18. The van der Waals surface area contributed by atoms with Gasteiger partial charge >= 0.3 is 0 Å². The minimum atomic E-state index is -1.33. The lowest BCUT2D eigenvalue weighted by Crippen LogP contribution is -2.47. The zero-order chi connectivity index (χ0) is 31.3. The van der Waals surface area contributed by atoms with Crippen LogP contribution in [0.15, 0.2) is 91.5 Å². The summed E-state index contributed by atoms with van der Waals surface area (Å²) in [5.74, 6) is 0.759. The van der Waals surface area contributed by atoms with Gasteiger partial charge in [0.1, 0.15) is 23.3 Å². The van der Waals surface area contributed by atoms with E-state index in [1.54, 1.807) is 44.2 Å². The molecule has 1 spiro atoms. The Morgan fingerprint density at radius 3 is 2.28 bits per heavy atom. The van der Waals surface area contributed by atoms with Crippen molar-refractivity contribution in [2.24, 2.45) is 0 Å². The van der Waals surface area contributed by atoms with E-state index in [4.69, 9.17) is 4.74 Å². The molecule has 43 heavy (non-hydrogen) atoms. The number of alkyl halides is 1. The normalized spacial score (nSPS) is 15.7.